The van der Waals surface area contributed by atoms with Crippen molar-refractivity contribution in [2.24, 2.45) is 0 Å². The van der Waals surface area contributed by atoms with Crippen molar-refractivity contribution >= 4 is 17.5 Å². The minimum atomic E-state index is -0.216. The highest BCUT2D eigenvalue weighted by Gasteiger charge is 2.08. The van der Waals surface area contributed by atoms with Crippen molar-refractivity contribution < 1.29 is 14.3 Å². The van der Waals surface area contributed by atoms with Crippen molar-refractivity contribution in [3.63, 3.8) is 0 Å². The van der Waals surface area contributed by atoms with Crippen LogP contribution >= 0.6 is 0 Å². The average Bonchev–Trinajstić information content (AvgIpc) is 3.20. The molecule has 0 aliphatic rings. The minimum Gasteiger partial charge on any atom is -0.484 e. The summed E-state index contributed by atoms with van der Waals surface area (Å²) in [7, 11) is 0. The molecule has 0 aliphatic heterocycles. The molecule has 0 saturated heterocycles. The van der Waals surface area contributed by atoms with E-state index in [2.05, 4.69) is 15.7 Å². The predicted molar refractivity (Wildman–Crippen MR) is 106 cm³/mol. The number of aromatic nitrogens is 2. The molecule has 0 bridgehead atoms. The number of benzene rings is 2. The molecule has 2 aromatic carbocycles. The molecule has 1 heterocycles. The second kappa shape index (κ2) is 9.36. The number of ether oxygens (including phenoxy) is 1. The first-order valence-electron chi connectivity index (χ1n) is 9.01. The predicted octanol–water partition coefficient (Wildman–Crippen LogP) is 2.70. The van der Waals surface area contributed by atoms with Gasteiger partial charge in [0.05, 0.1) is 6.54 Å². The van der Waals surface area contributed by atoms with Gasteiger partial charge in [0.15, 0.2) is 6.61 Å². The van der Waals surface area contributed by atoms with E-state index >= 15 is 0 Å². The number of carbonyl (C=O) groups is 2. The second-order valence-electron chi connectivity index (χ2n) is 6.12. The fourth-order valence-corrected chi connectivity index (χ4v) is 2.61. The highest BCUT2D eigenvalue weighted by Crippen LogP contribution is 2.18. The molecule has 2 N–H and O–H groups in total. The van der Waals surface area contributed by atoms with Gasteiger partial charge in [-0.15, -0.1) is 0 Å². The summed E-state index contributed by atoms with van der Waals surface area (Å²) in [6.07, 6.45) is 3.62. The zero-order valence-electron chi connectivity index (χ0n) is 15.6. The van der Waals surface area contributed by atoms with Gasteiger partial charge in [-0.1, -0.05) is 18.2 Å². The zero-order valence-corrected chi connectivity index (χ0v) is 15.6. The fourth-order valence-electron chi connectivity index (χ4n) is 2.61. The molecule has 0 spiro atoms. The maximum absolute atomic E-state index is 12.5. The van der Waals surface area contributed by atoms with E-state index < -0.39 is 0 Å². The van der Waals surface area contributed by atoms with Gasteiger partial charge in [0.2, 0.25) is 0 Å². The van der Waals surface area contributed by atoms with E-state index in [1.54, 1.807) is 42.6 Å². The molecule has 1 aromatic heterocycles. The molecule has 28 heavy (non-hydrogen) atoms. The van der Waals surface area contributed by atoms with Gasteiger partial charge < -0.3 is 15.4 Å². The van der Waals surface area contributed by atoms with Gasteiger partial charge in [0.25, 0.3) is 11.8 Å². The Bertz CT molecular complexity index is 921. The summed E-state index contributed by atoms with van der Waals surface area (Å²) in [5.41, 5.74) is 2.21. The number of carbonyl (C=O) groups excluding carboxylic acids is 2. The normalized spacial score (nSPS) is 10.3. The van der Waals surface area contributed by atoms with Crippen LogP contribution in [0.15, 0.2) is 67.0 Å². The first-order valence-corrected chi connectivity index (χ1v) is 9.01. The average molecular weight is 378 g/mol. The van der Waals surface area contributed by atoms with Gasteiger partial charge >= 0.3 is 0 Å². The Balaban J connectivity index is 1.58. The third-order valence-corrected chi connectivity index (χ3v) is 3.96. The van der Waals surface area contributed by atoms with Crippen molar-refractivity contribution in [2.75, 3.05) is 18.5 Å². The van der Waals surface area contributed by atoms with Gasteiger partial charge in [0.1, 0.15) is 5.75 Å². The Hall–Kier alpha value is -3.61. The van der Waals surface area contributed by atoms with Crippen LogP contribution in [0.3, 0.4) is 0 Å². The van der Waals surface area contributed by atoms with E-state index in [-0.39, 0.29) is 18.4 Å². The molecule has 7 heteroatoms. The smallest absolute Gasteiger partial charge is 0.257 e. The molecular weight excluding hydrogens is 356 g/mol. The van der Waals surface area contributed by atoms with Crippen LogP contribution in [0.1, 0.15) is 22.8 Å². The van der Waals surface area contributed by atoms with E-state index in [0.717, 1.165) is 5.56 Å². The van der Waals surface area contributed by atoms with Crippen molar-refractivity contribution in [3.8, 4) is 5.75 Å². The lowest BCUT2D eigenvalue weighted by atomic mass is 10.1. The summed E-state index contributed by atoms with van der Waals surface area (Å²) >= 11 is 0. The number of anilines is 1. The molecule has 144 valence electrons. The van der Waals surface area contributed by atoms with Gasteiger partial charge in [-0.25, -0.2) is 0 Å². The number of likely N-dealkylation sites (N-methyl/N-ethyl adjacent to an activating group) is 1. The molecule has 7 nitrogen and oxygen atoms in total. The summed E-state index contributed by atoms with van der Waals surface area (Å²) < 4.78 is 7.26. The summed E-state index contributed by atoms with van der Waals surface area (Å²) in [4.78, 5) is 24.0. The maximum atomic E-state index is 12.5. The molecule has 3 aromatic rings. The molecule has 0 radical (unpaired) electrons. The Morgan fingerprint density at radius 2 is 1.93 bits per heavy atom. The Morgan fingerprint density at radius 1 is 1.11 bits per heavy atom. The molecular formula is C21H22N4O3. The molecule has 0 aliphatic carbocycles. The Morgan fingerprint density at radius 3 is 2.64 bits per heavy atom. The van der Waals surface area contributed by atoms with E-state index in [1.807, 2.05) is 36.0 Å². The maximum Gasteiger partial charge on any atom is 0.257 e. The van der Waals surface area contributed by atoms with Crippen LogP contribution in [0, 0.1) is 0 Å². The van der Waals surface area contributed by atoms with Crippen molar-refractivity contribution in [1.29, 1.82) is 0 Å². The van der Waals surface area contributed by atoms with Crippen LogP contribution in [0.5, 0.6) is 5.75 Å². The molecule has 0 saturated carbocycles. The monoisotopic (exact) mass is 378 g/mol. The quantitative estimate of drug-likeness (QED) is 0.631. The van der Waals surface area contributed by atoms with Gasteiger partial charge in [-0.05, 0) is 42.8 Å². The summed E-state index contributed by atoms with van der Waals surface area (Å²) in [6.45, 7) is 2.99. The molecule has 2 amide bonds. The number of nitrogens with zero attached hydrogens (tertiary/aromatic N) is 2. The summed E-state index contributed by atoms with van der Waals surface area (Å²) in [5, 5.41) is 9.67. The largest absolute Gasteiger partial charge is 0.484 e. The molecule has 0 fully saturated rings. The lowest BCUT2D eigenvalue weighted by Gasteiger charge is -2.10. The van der Waals surface area contributed by atoms with Crippen LogP contribution in [0.25, 0.3) is 0 Å². The topological polar surface area (TPSA) is 85.3 Å². The van der Waals surface area contributed by atoms with Gasteiger partial charge in [-0.3, -0.25) is 14.3 Å². The third kappa shape index (κ3) is 5.44. The van der Waals surface area contributed by atoms with Crippen LogP contribution < -0.4 is 15.4 Å². The lowest BCUT2D eigenvalue weighted by molar-refractivity contribution is -0.122. The number of hydrogen-bond donors (Lipinski definition) is 2. The molecule has 3 rings (SSSR count). The number of rotatable bonds is 8. The first-order chi connectivity index (χ1) is 13.6. The Kier molecular flexibility index (Phi) is 6.41. The summed E-state index contributed by atoms with van der Waals surface area (Å²) in [5.74, 6) is 0.109. The third-order valence-electron chi connectivity index (χ3n) is 3.96. The molecule has 0 unspecified atom stereocenters. The number of amides is 2. The SMILES string of the molecule is CCNC(=O)COc1cccc(NC(=O)c2ccc(Cn3cccn3)cc2)c1. The highest BCUT2D eigenvalue weighted by molar-refractivity contribution is 6.04. The van der Waals surface area contributed by atoms with E-state index in [4.69, 9.17) is 4.74 Å². The second-order valence-corrected chi connectivity index (χ2v) is 6.12. The van der Waals surface area contributed by atoms with Gasteiger partial charge in [-0.2, -0.15) is 5.10 Å². The standard InChI is InChI=1S/C21H22N4O3/c1-2-22-20(26)15-28-19-6-3-5-18(13-19)24-21(27)17-9-7-16(8-10-17)14-25-12-4-11-23-25/h3-13H,2,14-15H2,1H3,(H,22,26)(H,24,27). The number of nitrogens with one attached hydrogen (secondary N) is 2. The molecule has 0 atom stereocenters. The van der Waals surface area contributed by atoms with Crippen LogP contribution in [0.4, 0.5) is 5.69 Å². The highest BCUT2D eigenvalue weighted by atomic mass is 16.5. The van der Waals surface area contributed by atoms with E-state index in [1.165, 1.54) is 0 Å². The van der Waals surface area contributed by atoms with Crippen molar-refractivity contribution in [3.05, 3.63) is 78.1 Å². The van der Waals surface area contributed by atoms with Crippen molar-refractivity contribution in [1.82, 2.24) is 15.1 Å². The number of hydrogen-bond acceptors (Lipinski definition) is 4. The van der Waals surface area contributed by atoms with E-state index in [0.29, 0.717) is 30.1 Å². The van der Waals surface area contributed by atoms with Crippen LogP contribution in [0.2, 0.25) is 0 Å². The summed E-state index contributed by atoms with van der Waals surface area (Å²) in [6, 6.07) is 16.2. The van der Waals surface area contributed by atoms with Crippen LogP contribution in [-0.4, -0.2) is 34.7 Å². The van der Waals surface area contributed by atoms with Crippen molar-refractivity contribution in [2.45, 2.75) is 13.5 Å². The minimum absolute atomic E-state index is 0.0665. The van der Waals surface area contributed by atoms with Crippen LogP contribution in [-0.2, 0) is 11.3 Å². The van der Waals surface area contributed by atoms with Gasteiger partial charge in [0, 0.05) is 36.3 Å². The lowest BCUT2D eigenvalue weighted by Crippen LogP contribution is -2.28. The fraction of sp³-hybridized carbons (Fsp3) is 0.190. The van der Waals surface area contributed by atoms with E-state index in [9.17, 15) is 9.59 Å². The first kappa shape index (κ1) is 19.2. The zero-order chi connectivity index (χ0) is 19.8. The Labute approximate surface area is 163 Å².